The van der Waals surface area contributed by atoms with Gasteiger partial charge in [0.15, 0.2) is 5.78 Å². The highest BCUT2D eigenvalue weighted by molar-refractivity contribution is 6.13. The second kappa shape index (κ2) is 10.1. The standard InChI is InChI=1S/C24H27N7O2/c1-16(32)19-21(28-14-17-6-3-2-4-7-17)20(22(25)33)23(29-18-8-5-9-27-15-18)30-24(19)31-12-10-26-11-13-31/h2-9,15,26H,10-14H2,1H3,(H2,25,33)(H2,28,29,30). The number of pyridine rings is 2. The van der Waals surface area contributed by atoms with Crippen LogP contribution in [0.1, 0.15) is 33.2 Å². The number of carbonyl (C=O) groups excluding carboxylic acids is 2. The fourth-order valence-corrected chi connectivity index (χ4v) is 3.88. The van der Waals surface area contributed by atoms with Gasteiger partial charge >= 0.3 is 0 Å². The van der Waals surface area contributed by atoms with E-state index in [0.29, 0.717) is 42.4 Å². The summed E-state index contributed by atoms with van der Waals surface area (Å²) in [5, 5.41) is 9.79. The molecule has 2 aromatic heterocycles. The van der Waals surface area contributed by atoms with E-state index in [0.717, 1.165) is 18.7 Å². The Labute approximate surface area is 192 Å². The van der Waals surface area contributed by atoms with Crippen molar-refractivity contribution in [2.75, 3.05) is 41.7 Å². The molecule has 0 saturated carbocycles. The predicted octanol–water partition coefficient (Wildman–Crippen LogP) is 2.54. The maximum absolute atomic E-state index is 12.9. The molecule has 1 aromatic carbocycles. The highest BCUT2D eigenvalue weighted by Crippen LogP contribution is 2.36. The fourth-order valence-electron chi connectivity index (χ4n) is 3.88. The molecule has 33 heavy (non-hydrogen) atoms. The van der Waals surface area contributed by atoms with Gasteiger partial charge in [0.05, 0.1) is 23.1 Å². The number of nitrogens with two attached hydrogens (primary N) is 1. The molecule has 1 amide bonds. The van der Waals surface area contributed by atoms with E-state index in [4.69, 9.17) is 10.7 Å². The first kappa shape index (κ1) is 22.2. The van der Waals surface area contributed by atoms with E-state index in [1.807, 2.05) is 36.4 Å². The lowest BCUT2D eigenvalue weighted by Crippen LogP contribution is -2.44. The number of anilines is 4. The number of aromatic nitrogens is 2. The van der Waals surface area contributed by atoms with Gasteiger partial charge in [0.25, 0.3) is 5.91 Å². The molecule has 9 nitrogen and oxygen atoms in total. The van der Waals surface area contributed by atoms with Crippen LogP contribution in [-0.4, -0.2) is 47.8 Å². The second-order valence-electron chi connectivity index (χ2n) is 7.77. The molecule has 1 aliphatic heterocycles. The third-order valence-corrected chi connectivity index (χ3v) is 5.43. The average Bonchev–Trinajstić information content (AvgIpc) is 2.83. The minimum Gasteiger partial charge on any atom is -0.380 e. The van der Waals surface area contributed by atoms with Crippen LogP contribution in [0.2, 0.25) is 0 Å². The molecule has 170 valence electrons. The van der Waals surface area contributed by atoms with Gasteiger partial charge in [-0.1, -0.05) is 30.3 Å². The van der Waals surface area contributed by atoms with Crippen LogP contribution in [0.25, 0.3) is 0 Å². The van der Waals surface area contributed by atoms with Crippen molar-refractivity contribution in [3.63, 3.8) is 0 Å². The van der Waals surface area contributed by atoms with Gasteiger partial charge in [0.2, 0.25) is 0 Å². The summed E-state index contributed by atoms with van der Waals surface area (Å²) < 4.78 is 0. The Kier molecular flexibility index (Phi) is 6.80. The van der Waals surface area contributed by atoms with E-state index in [9.17, 15) is 9.59 Å². The van der Waals surface area contributed by atoms with Gasteiger partial charge in [-0.05, 0) is 24.6 Å². The first-order valence-electron chi connectivity index (χ1n) is 10.8. The lowest BCUT2D eigenvalue weighted by molar-refractivity contribution is 0.100. The molecule has 0 spiro atoms. The fraction of sp³-hybridized carbons (Fsp3) is 0.250. The maximum Gasteiger partial charge on any atom is 0.254 e. The van der Waals surface area contributed by atoms with Crippen molar-refractivity contribution in [3.05, 3.63) is 71.5 Å². The van der Waals surface area contributed by atoms with E-state index in [-0.39, 0.29) is 17.2 Å². The SMILES string of the molecule is CC(=O)c1c(N2CCNCC2)nc(Nc2cccnc2)c(C(N)=O)c1NCc1ccccc1. The molecule has 0 atom stereocenters. The largest absolute Gasteiger partial charge is 0.380 e. The van der Waals surface area contributed by atoms with Gasteiger partial charge < -0.3 is 26.6 Å². The number of nitrogens with one attached hydrogen (secondary N) is 3. The third kappa shape index (κ3) is 5.09. The molecular weight excluding hydrogens is 418 g/mol. The molecule has 9 heteroatoms. The number of piperazine rings is 1. The maximum atomic E-state index is 12.9. The average molecular weight is 446 g/mol. The zero-order chi connectivity index (χ0) is 23.2. The van der Waals surface area contributed by atoms with Crippen molar-refractivity contribution in [2.45, 2.75) is 13.5 Å². The van der Waals surface area contributed by atoms with Crippen molar-refractivity contribution >= 4 is 34.7 Å². The number of carbonyl (C=O) groups is 2. The Morgan fingerprint density at radius 1 is 1.09 bits per heavy atom. The van der Waals surface area contributed by atoms with Crippen LogP contribution in [0, 0.1) is 0 Å². The van der Waals surface area contributed by atoms with Gasteiger partial charge in [-0.3, -0.25) is 14.6 Å². The van der Waals surface area contributed by atoms with Crippen LogP contribution < -0.4 is 26.6 Å². The minimum absolute atomic E-state index is 0.138. The summed E-state index contributed by atoms with van der Waals surface area (Å²) in [7, 11) is 0. The number of rotatable bonds is 8. The third-order valence-electron chi connectivity index (χ3n) is 5.43. The zero-order valence-electron chi connectivity index (χ0n) is 18.5. The number of hydrogen-bond acceptors (Lipinski definition) is 8. The highest BCUT2D eigenvalue weighted by Gasteiger charge is 2.29. The Balaban J connectivity index is 1.87. The second-order valence-corrected chi connectivity index (χ2v) is 7.77. The summed E-state index contributed by atoms with van der Waals surface area (Å²) in [6, 6.07) is 13.3. The van der Waals surface area contributed by atoms with Gasteiger partial charge in [0.1, 0.15) is 17.2 Å². The van der Waals surface area contributed by atoms with E-state index >= 15 is 0 Å². The Bertz CT molecular complexity index is 1130. The van der Waals surface area contributed by atoms with Crippen molar-refractivity contribution in [1.29, 1.82) is 0 Å². The molecule has 1 fully saturated rings. The number of Topliss-reactive ketones (excluding diaryl/α,β-unsaturated/α-hetero) is 1. The van der Waals surface area contributed by atoms with E-state index in [1.165, 1.54) is 6.92 Å². The van der Waals surface area contributed by atoms with Crippen LogP contribution in [0.15, 0.2) is 54.9 Å². The Morgan fingerprint density at radius 3 is 2.48 bits per heavy atom. The van der Waals surface area contributed by atoms with Gasteiger partial charge in [-0.15, -0.1) is 0 Å². The van der Waals surface area contributed by atoms with Gasteiger partial charge in [-0.2, -0.15) is 0 Å². The molecule has 3 aromatic rings. The summed E-state index contributed by atoms with van der Waals surface area (Å²) in [6.07, 6.45) is 3.29. The number of primary amides is 1. The summed E-state index contributed by atoms with van der Waals surface area (Å²) in [4.78, 5) is 36.5. The molecular formula is C24H27N7O2. The summed E-state index contributed by atoms with van der Waals surface area (Å²) in [5.74, 6) is -0.0682. The van der Waals surface area contributed by atoms with Crippen molar-refractivity contribution in [2.24, 2.45) is 5.73 Å². The molecule has 4 rings (SSSR count). The molecule has 0 radical (unpaired) electrons. The minimum atomic E-state index is -0.682. The van der Waals surface area contributed by atoms with Crippen LogP contribution >= 0.6 is 0 Å². The number of ketones is 1. The first-order chi connectivity index (χ1) is 16.0. The van der Waals surface area contributed by atoms with Crippen LogP contribution in [-0.2, 0) is 6.54 Å². The molecule has 3 heterocycles. The normalized spacial score (nSPS) is 13.4. The Morgan fingerprint density at radius 2 is 1.85 bits per heavy atom. The molecule has 0 bridgehead atoms. The summed E-state index contributed by atoms with van der Waals surface area (Å²) in [6.45, 7) is 4.82. The smallest absolute Gasteiger partial charge is 0.254 e. The van der Waals surface area contributed by atoms with Crippen LogP contribution in [0.3, 0.4) is 0 Å². The molecule has 0 aliphatic carbocycles. The monoisotopic (exact) mass is 445 g/mol. The van der Waals surface area contributed by atoms with Gasteiger partial charge in [-0.25, -0.2) is 4.98 Å². The summed E-state index contributed by atoms with van der Waals surface area (Å²) in [5.41, 5.74) is 8.37. The van der Waals surface area contributed by atoms with Crippen LogP contribution in [0.5, 0.6) is 0 Å². The molecule has 0 unspecified atom stereocenters. The van der Waals surface area contributed by atoms with Crippen molar-refractivity contribution in [3.8, 4) is 0 Å². The number of amides is 1. The van der Waals surface area contributed by atoms with Crippen LogP contribution in [0.4, 0.5) is 23.0 Å². The number of benzene rings is 1. The molecule has 5 N–H and O–H groups in total. The van der Waals surface area contributed by atoms with E-state index in [2.05, 4.69) is 25.8 Å². The molecule has 1 saturated heterocycles. The quantitative estimate of drug-likeness (QED) is 0.390. The predicted molar refractivity (Wildman–Crippen MR) is 129 cm³/mol. The van der Waals surface area contributed by atoms with Crippen molar-refractivity contribution in [1.82, 2.24) is 15.3 Å². The first-order valence-corrected chi connectivity index (χ1v) is 10.8. The topological polar surface area (TPSA) is 125 Å². The van der Waals surface area contributed by atoms with E-state index < -0.39 is 5.91 Å². The lowest BCUT2D eigenvalue weighted by Gasteiger charge is -2.31. The zero-order valence-corrected chi connectivity index (χ0v) is 18.5. The van der Waals surface area contributed by atoms with E-state index in [1.54, 1.807) is 18.5 Å². The number of nitrogens with zero attached hydrogens (tertiary/aromatic N) is 3. The van der Waals surface area contributed by atoms with Gasteiger partial charge in [0, 0.05) is 38.9 Å². The number of hydrogen-bond donors (Lipinski definition) is 4. The summed E-state index contributed by atoms with van der Waals surface area (Å²) >= 11 is 0. The lowest BCUT2D eigenvalue weighted by atomic mass is 10.0. The Hall–Kier alpha value is -3.98. The molecule has 1 aliphatic rings. The van der Waals surface area contributed by atoms with Crippen molar-refractivity contribution < 1.29 is 9.59 Å². The highest BCUT2D eigenvalue weighted by atomic mass is 16.1.